The topological polar surface area (TPSA) is 31.8 Å². The molecule has 0 amide bonds. The Balaban J connectivity index is 1.62. The van der Waals surface area contributed by atoms with E-state index >= 15 is 0 Å². The molecule has 10 rings (SSSR count). The molecule has 0 aliphatic heterocycles. The van der Waals surface area contributed by atoms with Crippen LogP contribution >= 0.6 is 0 Å². The molecule has 0 radical (unpaired) electrons. The van der Waals surface area contributed by atoms with Gasteiger partial charge in [0.05, 0.1) is 33.4 Å². The average Bonchev–Trinajstić information content (AvgIpc) is 3.14. The van der Waals surface area contributed by atoms with Crippen LogP contribution in [-0.4, -0.2) is 18.4 Å². The summed E-state index contributed by atoms with van der Waals surface area (Å²) < 4.78 is 16.3. The van der Waals surface area contributed by atoms with Crippen molar-refractivity contribution in [2.75, 3.05) is 0 Å². The largest absolute Gasteiger partial charge is 0.453 e. The summed E-state index contributed by atoms with van der Waals surface area (Å²) in [7, 11) is 0. The molecule has 47 heavy (non-hydrogen) atoms. The first-order chi connectivity index (χ1) is 23.3. The minimum absolute atomic E-state index is 0.766. The van der Waals surface area contributed by atoms with Gasteiger partial charge in [0.25, 0.3) is 0 Å². The predicted molar refractivity (Wildman–Crippen MR) is 193 cm³/mol. The zero-order chi connectivity index (χ0) is 30.9. The third kappa shape index (κ3) is 3.77. The van der Waals surface area contributed by atoms with Gasteiger partial charge < -0.3 is 4.42 Å². The van der Waals surface area contributed by atoms with Crippen LogP contribution in [0.2, 0.25) is 0 Å². The van der Waals surface area contributed by atoms with Crippen molar-refractivity contribution in [3.63, 3.8) is 0 Å². The first-order valence-corrected chi connectivity index (χ1v) is 15.9. The van der Waals surface area contributed by atoms with Crippen LogP contribution in [0.1, 0.15) is 0 Å². The molecule has 0 fully saturated rings. The molecule has 2 bridgehead atoms. The summed E-state index contributed by atoms with van der Waals surface area (Å²) in [4.78, 5) is 0. The second kappa shape index (κ2) is 10.0. The van der Waals surface area contributed by atoms with Crippen molar-refractivity contribution < 1.29 is 4.42 Å². The zero-order valence-electron chi connectivity index (χ0n) is 25.4. The molecule has 3 aromatic heterocycles. The molecule has 0 unspecified atom stereocenters. The second-order valence-electron chi connectivity index (χ2n) is 11.9. The van der Waals surface area contributed by atoms with E-state index in [1.54, 1.807) is 0 Å². The van der Waals surface area contributed by atoms with Gasteiger partial charge in [-0.3, -0.25) is 0 Å². The van der Waals surface area contributed by atoms with Gasteiger partial charge in [-0.2, -0.15) is 0 Å². The van der Waals surface area contributed by atoms with Crippen LogP contribution in [0, 0.1) is 0 Å². The molecule has 0 aliphatic carbocycles. The van der Waals surface area contributed by atoms with Gasteiger partial charge in [0.2, 0.25) is 0 Å². The minimum Gasteiger partial charge on any atom is -0.453 e. The summed E-state index contributed by atoms with van der Waals surface area (Å²) in [5.41, 5.74) is 9.89. The van der Waals surface area contributed by atoms with Gasteiger partial charge >= 0.3 is 0 Å². The monoisotopic (exact) mass is 604 g/mol. The van der Waals surface area contributed by atoms with Crippen molar-refractivity contribution in [2.45, 2.75) is 0 Å². The average molecular weight is 605 g/mol. The lowest BCUT2D eigenvalue weighted by molar-refractivity contribution is 0.654. The Bertz CT molecular complexity index is 2700. The molecule has 5 nitrogen and oxygen atoms in total. The van der Waals surface area contributed by atoms with Crippen LogP contribution in [0.3, 0.4) is 0 Å². The summed E-state index contributed by atoms with van der Waals surface area (Å²) >= 11 is 0. The van der Waals surface area contributed by atoms with E-state index < -0.39 is 0 Å². The Morgan fingerprint density at radius 2 is 0.681 bits per heavy atom. The van der Waals surface area contributed by atoms with Gasteiger partial charge in [-0.25, -0.2) is 18.4 Å². The summed E-state index contributed by atoms with van der Waals surface area (Å²) in [6, 6.07) is 60.0. The van der Waals surface area contributed by atoms with E-state index in [9.17, 15) is 0 Å². The molecule has 0 aliphatic rings. The number of fused-ring (bicyclic) bond motifs is 8. The molecule has 3 heterocycles. The summed E-state index contributed by atoms with van der Waals surface area (Å²) in [6.45, 7) is 0. The lowest BCUT2D eigenvalue weighted by Gasteiger charge is -2.23. The SMILES string of the molecule is c1ccc(-n2c3ccccc3c3cc4c5ccccc5n(-c5ccccc5)n5c6ccccc6oc6ccccc6n2c3cc45)cc1. The molecule has 0 N–H and O–H groups in total. The van der Waals surface area contributed by atoms with Crippen LogP contribution in [-0.2, 0) is 0 Å². The molecule has 10 aromatic rings. The molecule has 5 heteroatoms. The van der Waals surface area contributed by atoms with E-state index in [-0.39, 0.29) is 0 Å². The molecule has 222 valence electrons. The Kier molecular flexibility index (Phi) is 5.51. The van der Waals surface area contributed by atoms with Gasteiger partial charge in [-0.05, 0) is 72.8 Å². The fourth-order valence-corrected chi connectivity index (χ4v) is 7.24. The Hall–Kier alpha value is -6.46. The number of para-hydroxylation sites is 8. The number of hydrogen-bond acceptors (Lipinski definition) is 1. The van der Waals surface area contributed by atoms with E-state index in [1.165, 1.54) is 10.8 Å². The lowest BCUT2D eigenvalue weighted by atomic mass is 10.0. The van der Waals surface area contributed by atoms with Crippen LogP contribution in [0.15, 0.2) is 174 Å². The molecule has 0 saturated carbocycles. The normalized spacial score (nSPS) is 11.8. The number of aromatic nitrogens is 4. The number of benzene rings is 7. The molecule has 0 saturated heterocycles. The fourth-order valence-electron chi connectivity index (χ4n) is 7.24. The molecule has 0 atom stereocenters. The third-order valence-electron chi connectivity index (χ3n) is 9.22. The molecule has 0 spiro atoms. The van der Waals surface area contributed by atoms with Crippen molar-refractivity contribution in [2.24, 2.45) is 0 Å². The first kappa shape index (κ1) is 25.8. The van der Waals surface area contributed by atoms with Crippen molar-refractivity contribution in [3.8, 4) is 11.4 Å². The van der Waals surface area contributed by atoms with E-state index in [2.05, 4.69) is 176 Å². The fraction of sp³-hybridized carbons (Fsp3) is 0. The smallest absolute Gasteiger partial charge is 0.153 e. The summed E-state index contributed by atoms with van der Waals surface area (Å²) in [5, 5.41) is 4.68. The maximum absolute atomic E-state index is 7.00. The van der Waals surface area contributed by atoms with E-state index in [0.29, 0.717) is 0 Å². The molecule has 7 aromatic carbocycles. The zero-order valence-corrected chi connectivity index (χ0v) is 25.4. The van der Waals surface area contributed by atoms with Crippen molar-refractivity contribution in [1.82, 2.24) is 18.4 Å². The van der Waals surface area contributed by atoms with Gasteiger partial charge in [0.1, 0.15) is 11.0 Å². The highest BCUT2D eigenvalue weighted by Crippen LogP contribution is 2.37. The van der Waals surface area contributed by atoms with E-state index in [4.69, 9.17) is 4.42 Å². The van der Waals surface area contributed by atoms with Gasteiger partial charge in [-0.1, -0.05) is 97.1 Å². The maximum atomic E-state index is 7.00. The highest BCUT2D eigenvalue weighted by atomic mass is 16.3. The number of nitrogens with zero attached hydrogens (tertiary/aromatic N) is 4. The molecular weight excluding hydrogens is 576 g/mol. The van der Waals surface area contributed by atoms with E-state index in [0.717, 1.165) is 66.4 Å². The Morgan fingerprint density at radius 3 is 1.15 bits per heavy atom. The Morgan fingerprint density at radius 1 is 0.298 bits per heavy atom. The van der Waals surface area contributed by atoms with Crippen molar-refractivity contribution in [1.29, 1.82) is 0 Å². The van der Waals surface area contributed by atoms with Crippen LogP contribution in [0.5, 0.6) is 0 Å². The predicted octanol–water partition coefficient (Wildman–Crippen LogP) is 10.8. The van der Waals surface area contributed by atoms with Crippen LogP contribution in [0.4, 0.5) is 0 Å². The maximum Gasteiger partial charge on any atom is 0.153 e. The highest BCUT2D eigenvalue weighted by Gasteiger charge is 2.18. The van der Waals surface area contributed by atoms with Crippen LogP contribution < -0.4 is 0 Å². The van der Waals surface area contributed by atoms with Crippen molar-refractivity contribution in [3.05, 3.63) is 170 Å². The summed E-state index contributed by atoms with van der Waals surface area (Å²) in [5.74, 6) is 0. The first-order valence-electron chi connectivity index (χ1n) is 15.9. The third-order valence-corrected chi connectivity index (χ3v) is 9.22. The lowest BCUT2D eigenvalue weighted by Crippen LogP contribution is -2.13. The standard InChI is InChI=1S/C42H28N4O/c1-3-15-29(16-4-1)43-35-21-9-7-19-31(35)33-27-34-32-20-8-10-22-36(32)44(30-17-5-2-6-18-30)46-38-24-12-14-26-42(38)47-41-25-13-11-23-37(41)45(43)39(33)28-40(34)46/h1-28H. The van der Waals surface area contributed by atoms with E-state index in [1.807, 2.05) is 12.1 Å². The van der Waals surface area contributed by atoms with Gasteiger partial charge in [-0.15, -0.1) is 0 Å². The van der Waals surface area contributed by atoms with Gasteiger partial charge in [0, 0.05) is 21.5 Å². The minimum atomic E-state index is 0.766. The van der Waals surface area contributed by atoms with Crippen LogP contribution in [0.25, 0.3) is 77.2 Å². The number of rotatable bonds is 2. The quantitative estimate of drug-likeness (QED) is 0.143. The molecular formula is C42H28N4O. The second-order valence-corrected chi connectivity index (χ2v) is 11.9. The Labute approximate surface area is 269 Å². The van der Waals surface area contributed by atoms with Gasteiger partial charge in [0.15, 0.2) is 11.2 Å². The highest BCUT2D eigenvalue weighted by molar-refractivity contribution is 6.15. The number of hydrogen-bond donors (Lipinski definition) is 0. The summed E-state index contributed by atoms with van der Waals surface area (Å²) in [6.07, 6.45) is 0. The van der Waals surface area contributed by atoms with Crippen molar-refractivity contribution >= 4 is 65.8 Å².